The SMILES string of the molecule is CCN(CCCN(C)C)c1ccc(C(C)N)cc1. The highest BCUT2D eigenvalue weighted by Gasteiger charge is 2.05. The van der Waals surface area contributed by atoms with Gasteiger partial charge in [-0.2, -0.15) is 0 Å². The van der Waals surface area contributed by atoms with E-state index in [0.29, 0.717) is 0 Å². The molecule has 3 nitrogen and oxygen atoms in total. The van der Waals surface area contributed by atoms with E-state index in [2.05, 4.69) is 55.1 Å². The molecule has 0 saturated carbocycles. The number of hydrogen-bond acceptors (Lipinski definition) is 3. The molecule has 1 aromatic carbocycles. The van der Waals surface area contributed by atoms with Crippen LogP contribution in [0.1, 0.15) is 31.9 Å². The van der Waals surface area contributed by atoms with Crippen molar-refractivity contribution in [2.24, 2.45) is 5.73 Å². The van der Waals surface area contributed by atoms with Crippen LogP contribution in [0.2, 0.25) is 0 Å². The summed E-state index contributed by atoms with van der Waals surface area (Å²) in [6, 6.07) is 8.74. The second-order valence-electron chi connectivity index (χ2n) is 5.12. The summed E-state index contributed by atoms with van der Waals surface area (Å²) in [4.78, 5) is 4.64. The Balaban J connectivity index is 2.58. The summed E-state index contributed by atoms with van der Waals surface area (Å²) in [6.45, 7) is 7.50. The highest BCUT2D eigenvalue weighted by molar-refractivity contribution is 5.47. The summed E-state index contributed by atoms with van der Waals surface area (Å²) in [5.74, 6) is 0. The Hall–Kier alpha value is -1.06. The van der Waals surface area contributed by atoms with E-state index in [1.165, 1.54) is 17.7 Å². The first-order valence-corrected chi connectivity index (χ1v) is 6.79. The summed E-state index contributed by atoms with van der Waals surface area (Å²) < 4.78 is 0. The summed E-state index contributed by atoms with van der Waals surface area (Å²) >= 11 is 0. The molecule has 3 heteroatoms. The molecule has 0 spiro atoms. The van der Waals surface area contributed by atoms with Gasteiger partial charge in [-0.25, -0.2) is 0 Å². The van der Waals surface area contributed by atoms with Gasteiger partial charge in [-0.15, -0.1) is 0 Å². The molecule has 0 amide bonds. The van der Waals surface area contributed by atoms with E-state index in [9.17, 15) is 0 Å². The van der Waals surface area contributed by atoms with Gasteiger partial charge in [-0.1, -0.05) is 12.1 Å². The molecule has 2 N–H and O–H groups in total. The third-order valence-electron chi connectivity index (χ3n) is 3.20. The van der Waals surface area contributed by atoms with Crippen LogP contribution in [0, 0.1) is 0 Å². The predicted octanol–water partition coefficient (Wildman–Crippen LogP) is 2.48. The fourth-order valence-electron chi connectivity index (χ4n) is 2.04. The molecule has 0 aliphatic rings. The zero-order chi connectivity index (χ0) is 13.5. The highest BCUT2D eigenvalue weighted by Crippen LogP contribution is 2.18. The van der Waals surface area contributed by atoms with E-state index < -0.39 is 0 Å². The van der Waals surface area contributed by atoms with Crippen LogP contribution in [0.25, 0.3) is 0 Å². The molecule has 1 aromatic rings. The van der Waals surface area contributed by atoms with Gasteiger partial charge in [0.05, 0.1) is 0 Å². The summed E-state index contributed by atoms with van der Waals surface area (Å²) in [6.07, 6.45) is 1.19. The van der Waals surface area contributed by atoms with E-state index in [0.717, 1.165) is 19.6 Å². The lowest BCUT2D eigenvalue weighted by atomic mass is 10.1. The third-order valence-corrected chi connectivity index (χ3v) is 3.20. The number of anilines is 1. The van der Waals surface area contributed by atoms with Gasteiger partial charge >= 0.3 is 0 Å². The van der Waals surface area contributed by atoms with Crippen molar-refractivity contribution in [3.63, 3.8) is 0 Å². The molecule has 1 unspecified atom stereocenters. The van der Waals surface area contributed by atoms with Gasteiger partial charge in [0.25, 0.3) is 0 Å². The minimum atomic E-state index is 0.114. The van der Waals surface area contributed by atoms with Crippen molar-refractivity contribution in [3.05, 3.63) is 29.8 Å². The predicted molar refractivity (Wildman–Crippen MR) is 80.1 cm³/mol. The standard InChI is InChI=1S/C15H27N3/c1-5-18(12-6-11-17(3)4)15-9-7-14(8-10-15)13(2)16/h7-10,13H,5-6,11-12,16H2,1-4H3. The van der Waals surface area contributed by atoms with Crippen LogP contribution >= 0.6 is 0 Å². The first kappa shape index (κ1) is 15.0. The van der Waals surface area contributed by atoms with Crippen LogP contribution in [-0.4, -0.2) is 38.6 Å². The minimum Gasteiger partial charge on any atom is -0.372 e. The maximum Gasteiger partial charge on any atom is 0.0366 e. The Labute approximate surface area is 112 Å². The van der Waals surface area contributed by atoms with Crippen LogP contribution in [-0.2, 0) is 0 Å². The molecule has 1 atom stereocenters. The van der Waals surface area contributed by atoms with Gasteiger partial charge in [-0.05, 0) is 58.6 Å². The molecule has 0 heterocycles. The van der Waals surface area contributed by atoms with Crippen molar-refractivity contribution in [1.29, 1.82) is 0 Å². The average Bonchev–Trinajstić information content (AvgIpc) is 2.34. The van der Waals surface area contributed by atoms with Crippen LogP contribution in [0.5, 0.6) is 0 Å². The Morgan fingerprint density at radius 2 is 1.72 bits per heavy atom. The topological polar surface area (TPSA) is 32.5 Å². The first-order valence-electron chi connectivity index (χ1n) is 6.79. The van der Waals surface area contributed by atoms with E-state index in [4.69, 9.17) is 5.73 Å². The number of nitrogens with two attached hydrogens (primary N) is 1. The molecule has 0 radical (unpaired) electrons. The molecule has 0 bridgehead atoms. The van der Waals surface area contributed by atoms with Crippen LogP contribution in [0.4, 0.5) is 5.69 Å². The van der Waals surface area contributed by atoms with Gasteiger partial charge < -0.3 is 15.5 Å². The van der Waals surface area contributed by atoms with Gasteiger partial charge in [0.2, 0.25) is 0 Å². The van der Waals surface area contributed by atoms with Gasteiger partial charge in [0, 0.05) is 24.8 Å². The summed E-state index contributed by atoms with van der Waals surface area (Å²) in [5.41, 5.74) is 8.36. The van der Waals surface area contributed by atoms with Crippen LogP contribution in [0.3, 0.4) is 0 Å². The first-order chi connectivity index (χ1) is 8.54. The summed E-state index contributed by atoms with van der Waals surface area (Å²) in [5, 5.41) is 0. The van der Waals surface area contributed by atoms with E-state index in [1.807, 2.05) is 6.92 Å². The normalized spacial score (nSPS) is 12.8. The van der Waals surface area contributed by atoms with Crippen LogP contribution in [0.15, 0.2) is 24.3 Å². The lowest BCUT2D eigenvalue weighted by Crippen LogP contribution is -2.27. The van der Waals surface area contributed by atoms with Crippen molar-refractivity contribution in [2.75, 3.05) is 38.6 Å². The van der Waals surface area contributed by atoms with E-state index in [-0.39, 0.29) is 6.04 Å². The molecule has 1 rings (SSSR count). The Bertz CT molecular complexity index is 330. The number of rotatable bonds is 7. The van der Waals surface area contributed by atoms with E-state index >= 15 is 0 Å². The molecule has 0 aliphatic heterocycles. The molecule has 0 aromatic heterocycles. The van der Waals surface area contributed by atoms with Gasteiger partial charge in [0.15, 0.2) is 0 Å². The highest BCUT2D eigenvalue weighted by atomic mass is 15.1. The monoisotopic (exact) mass is 249 g/mol. The van der Waals surface area contributed by atoms with Gasteiger partial charge in [0.1, 0.15) is 0 Å². The fraction of sp³-hybridized carbons (Fsp3) is 0.600. The third kappa shape index (κ3) is 4.67. The van der Waals surface area contributed by atoms with Gasteiger partial charge in [-0.3, -0.25) is 0 Å². The number of nitrogens with zero attached hydrogens (tertiary/aromatic N) is 2. The van der Waals surface area contributed by atoms with Crippen molar-refractivity contribution in [3.8, 4) is 0 Å². The zero-order valence-corrected chi connectivity index (χ0v) is 12.2. The molecular weight excluding hydrogens is 222 g/mol. The molecule has 0 fully saturated rings. The second kappa shape index (κ2) is 7.39. The molecule has 102 valence electrons. The Morgan fingerprint density at radius 3 is 2.17 bits per heavy atom. The molecule has 0 aliphatic carbocycles. The maximum absolute atomic E-state index is 5.87. The second-order valence-corrected chi connectivity index (χ2v) is 5.12. The zero-order valence-electron chi connectivity index (χ0n) is 12.2. The number of hydrogen-bond donors (Lipinski definition) is 1. The lowest BCUT2D eigenvalue weighted by Gasteiger charge is -2.24. The smallest absolute Gasteiger partial charge is 0.0366 e. The van der Waals surface area contributed by atoms with Crippen molar-refractivity contribution in [1.82, 2.24) is 4.90 Å². The number of benzene rings is 1. The quantitative estimate of drug-likeness (QED) is 0.806. The molecule has 18 heavy (non-hydrogen) atoms. The summed E-state index contributed by atoms with van der Waals surface area (Å²) in [7, 11) is 4.24. The van der Waals surface area contributed by atoms with Crippen LogP contribution < -0.4 is 10.6 Å². The Kier molecular flexibility index (Phi) is 6.16. The minimum absolute atomic E-state index is 0.114. The lowest BCUT2D eigenvalue weighted by molar-refractivity contribution is 0.400. The molecule has 0 saturated heterocycles. The van der Waals surface area contributed by atoms with Crippen molar-refractivity contribution < 1.29 is 0 Å². The largest absolute Gasteiger partial charge is 0.372 e. The van der Waals surface area contributed by atoms with Crippen molar-refractivity contribution >= 4 is 5.69 Å². The van der Waals surface area contributed by atoms with Crippen molar-refractivity contribution in [2.45, 2.75) is 26.3 Å². The molecular formula is C15H27N3. The average molecular weight is 249 g/mol. The Morgan fingerprint density at radius 1 is 1.11 bits per heavy atom. The maximum atomic E-state index is 5.87. The van der Waals surface area contributed by atoms with E-state index in [1.54, 1.807) is 0 Å². The fourth-order valence-corrected chi connectivity index (χ4v) is 2.04.